The predicted octanol–water partition coefficient (Wildman–Crippen LogP) is 7.12. The van der Waals surface area contributed by atoms with Gasteiger partial charge < -0.3 is 24.6 Å². The third-order valence-electron chi connectivity index (χ3n) is 7.65. The molecule has 0 radical (unpaired) electrons. The van der Waals surface area contributed by atoms with E-state index >= 15 is 0 Å². The van der Waals surface area contributed by atoms with E-state index in [4.69, 9.17) is 31.1 Å². The summed E-state index contributed by atoms with van der Waals surface area (Å²) in [5, 5.41) is 4.67. The summed E-state index contributed by atoms with van der Waals surface area (Å²) in [6, 6.07) is 16.8. The number of carbonyl (C=O) groups is 1. The molecule has 0 saturated carbocycles. The lowest BCUT2D eigenvalue weighted by molar-refractivity contribution is 0.0530. The highest BCUT2D eigenvalue weighted by Crippen LogP contribution is 2.38. The van der Waals surface area contributed by atoms with Gasteiger partial charge in [0.1, 0.15) is 15.4 Å². The number of hydrogen-bond donors (Lipinski definition) is 1. The second kappa shape index (κ2) is 16.1. The first kappa shape index (κ1) is 33.4. The zero-order valence-electron chi connectivity index (χ0n) is 26.6. The fraction of sp³-hybridized carbons (Fsp3) is 0.412. The Morgan fingerprint density at radius 2 is 1.72 bits per heavy atom. The number of benzene rings is 2. The summed E-state index contributed by atoms with van der Waals surface area (Å²) >= 11 is 7.40. The lowest BCUT2D eigenvalue weighted by atomic mass is 10.2. The maximum Gasteiger partial charge on any atom is 0.342 e. The van der Waals surface area contributed by atoms with Gasteiger partial charge in [-0.05, 0) is 56.2 Å². The van der Waals surface area contributed by atoms with Crippen LogP contribution in [0.5, 0.6) is 0 Å². The van der Waals surface area contributed by atoms with E-state index in [2.05, 4.69) is 29.0 Å². The number of aliphatic imine (C=N–C) groups is 1. The van der Waals surface area contributed by atoms with E-state index in [1.54, 1.807) is 11.5 Å². The Labute approximate surface area is 278 Å². The number of unbranched alkanes of at least 4 members (excludes halogenated alkanes) is 2. The summed E-state index contributed by atoms with van der Waals surface area (Å²) in [6.45, 7) is 9.99. The van der Waals surface area contributed by atoms with Gasteiger partial charge in [0.15, 0.2) is 0 Å². The van der Waals surface area contributed by atoms with Gasteiger partial charge in [0.2, 0.25) is 11.9 Å². The molecule has 1 aliphatic rings. The number of halogens is 1. The van der Waals surface area contributed by atoms with Crippen molar-refractivity contribution >= 4 is 61.7 Å². The van der Waals surface area contributed by atoms with Crippen LogP contribution >= 0.6 is 22.9 Å². The lowest BCUT2D eigenvalue weighted by Gasteiger charge is -2.29. The summed E-state index contributed by atoms with van der Waals surface area (Å²) in [5.41, 5.74) is 1.24. The number of ether oxygens (including phenoxy) is 2. The van der Waals surface area contributed by atoms with Gasteiger partial charge >= 0.3 is 5.97 Å². The molecule has 5 rings (SSSR count). The molecule has 244 valence electrons. The molecule has 0 bridgehead atoms. The molecule has 1 N–H and O–H groups in total. The molecule has 2 aromatic carbocycles. The first-order valence-corrected chi connectivity index (χ1v) is 17.2. The SMILES string of the molecule is CCCCN(CCCC)/C(=N\c1sc2nc(N3CCOCC3)n(-c3ccccc3)c(=O)c2c1C(=O)OCC)Nc1ccc(Cl)cc1. The highest BCUT2D eigenvalue weighted by Gasteiger charge is 2.29. The molecule has 0 aliphatic carbocycles. The molecule has 3 heterocycles. The number of aromatic nitrogens is 2. The zero-order valence-corrected chi connectivity index (χ0v) is 28.2. The maximum atomic E-state index is 14.5. The van der Waals surface area contributed by atoms with E-state index in [0.717, 1.165) is 44.5 Å². The minimum absolute atomic E-state index is 0.124. The topological polar surface area (TPSA) is 101 Å². The first-order valence-electron chi connectivity index (χ1n) is 16.0. The van der Waals surface area contributed by atoms with Crippen molar-refractivity contribution in [3.63, 3.8) is 0 Å². The standard InChI is InChI=1S/C34H41ClN6O4S/c1-4-7-18-39(19-8-5-2)33(36-25-16-14-24(35)15-17-25)37-30-28(32(43)45-6-3)27-29(46-30)38-34(40-20-22-44-23-21-40)41(31(27)42)26-12-10-9-11-13-26/h9-17H,4-8,18-23H2,1-3H3,(H,36,37). The van der Waals surface area contributed by atoms with Crippen molar-refractivity contribution in [2.24, 2.45) is 4.99 Å². The average Bonchev–Trinajstić information content (AvgIpc) is 3.45. The van der Waals surface area contributed by atoms with E-state index in [0.29, 0.717) is 58.8 Å². The number of anilines is 2. The number of nitrogens with zero attached hydrogens (tertiary/aromatic N) is 5. The molecule has 0 unspecified atom stereocenters. The summed E-state index contributed by atoms with van der Waals surface area (Å²) in [5.74, 6) is 0.481. The van der Waals surface area contributed by atoms with Crippen LogP contribution in [0.2, 0.25) is 5.02 Å². The van der Waals surface area contributed by atoms with E-state index in [9.17, 15) is 9.59 Å². The van der Waals surface area contributed by atoms with Gasteiger partial charge in [-0.25, -0.2) is 19.3 Å². The Bertz CT molecular complexity index is 1690. The molecule has 1 aliphatic heterocycles. The number of nitrogens with one attached hydrogen (secondary N) is 1. The van der Waals surface area contributed by atoms with Gasteiger partial charge in [-0.1, -0.05) is 67.8 Å². The summed E-state index contributed by atoms with van der Waals surface area (Å²) in [7, 11) is 0. The molecule has 1 fully saturated rings. The fourth-order valence-corrected chi connectivity index (χ4v) is 6.39. The molecule has 10 nitrogen and oxygen atoms in total. The number of esters is 1. The van der Waals surface area contributed by atoms with E-state index in [1.165, 1.54) is 11.3 Å². The van der Waals surface area contributed by atoms with Crippen molar-refractivity contribution in [3.8, 4) is 5.69 Å². The normalized spacial score (nSPS) is 13.7. The minimum atomic E-state index is -0.607. The van der Waals surface area contributed by atoms with Crippen molar-refractivity contribution in [2.75, 3.05) is 56.2 Å². The van der Waals surface area contributed by atoms with Gasteiger partial charge in [-0.15, -0.1) is 0 Å². The Morgan fingerprint density at radius 1 is 1.04 bits per heavy atom. The minimum Gasteiger partial charge on any atom is -0.462 e. The number of rotatable bonds is 12. The van der Waals surface area contributed by atoms with E-state index in [1.807, 2.05) is 54.6 Å². The molecular formula is C34H41ClN6O4S. The van der Waals surface area contributed by atoms with Crippen molar-refractivity contribution in [2.45, 2.75) is 46.5 Å². The quantitative estimate of drug-likeness (QED) is 0.0971. The van der Waals surface area contributed by atoms with Crippen molar-refractivity contribution in [3.05, 3.63) is 75.5 Å². The van der Waals surface area contributed by atoms with E-state index in [-0.39, 0.29) is 23.1 Å². The number of guanidine groups is 1. The molecule has 0 atom stereocenters. The molecular weight excluding hydrogens is 624 g/mol. The number of fused-ring (bicyclic) bond motifs is 1. The summed E-state index contributed by atoms with van der Waals surface area (Å²) in [6.07, 6.45) is 3.96. The van der Waals surface area contributed by atoms with Crippen molar-refractivity contribution in [1.82, 2.24) is 14.5 Å². The van der Waals surface area contributed by atoms with Crippen LogP contribution in [0.25, 0.3) is 15.9 Å². The van der Waals surface area contributed by atoms with Gasteiger partial charge in [0.05, 0.1) is 30.9 Å². The van der Waals surface area contributed by atoms with Crippen molar-refractivity contribution in [1.29, 1.82) is 0 Å². The number of hydrogen-bond acceptors (Lipinski definition) is 8. The number of thiophene rings is 1. The molecule has 2 aromatic heterocycles. The average molecular weight is 665 g/mol. The van der Waals surface area contributed by atoms with Gasteiger partial charge in [-0.2, -0.15) is 0 Å². The molecule has 0 spiro atoms. The molecule has 12 heteroatoms. The maximum absolute atomic E-state index is 14.5. The predicted molar refractivity (Wildman–Crippen MR) is 188 cm³/mol. The van der Waals surface area contributed by atoms with Crippen LogP contribution in [0.1, 0.15) is 56.8 Å². The van der Waals surface area contributed by atoms with Gasteiger partial charge in [0, 0.05) is 36.9 Å². The monoisotopic (exact) mass is 664 g/mol. The molecule has 1 saturated heterocycles. The Balaban J connectivity index is 1.75. The van der Waals surface area contributed by atoms with E-state index < -0.39 is 5.97 Å². The fourth-order valence-electron chi connectivity index (χ4n) is 5.24. The zero-order chi connectivity index (χ0) is 32.5. The third kappa shape index (κ3) is 7.71. The lowest BCUT2D eigenvalue weighted by Crippen LogP contribution is -2.40. The van der Waals surface area contributed by atoms with Gasteiger partial charge in [-0.3, -0.25) is 4.79 Å². The number of morpholine rings is 1. The van der Waals surface area contributed by atoms with Crippen LogP contribution in [-0.2, 0) is 9.47 Å². The third-order valence-corrected chi connectivity index (χ3v) is 8.88. The first-order chi connectivity index (χ1) is 22.4. The Kier molecular flexibility index (Phi) is 11.7. The molecule has 46 heavy (non-hydrogen) atoms. The van der Waals surface area contributed by atoms with Crippen LogP contribution < -0.4 is 15.8 Å². The second-order valence-corrected chi connectivity index (χ2v) is 12.3. The summed E-state index contributed by atoms with van der Waals surface area (Å²) in [4.78, 5) is 43.0. The van der Waals surface area contributed by atoms with Crippen LogP contribution in [0.4, 0.5) is 16.6 Å². The second-order valence-electron chi connectivity index (χ2n) is 10.9. The largest absolute Gasteiger partial charge is 0.462 e. The molecule has 0 amide bonds. The Morgan fingerprint density at radius 3 is 2.35 bits per heavy atom. The highest BCUT2D eigenvalue weighted by molar-refractivity contribution is 7.22. The number of para-hydroxylation sites is 1. The smallest absolute Gasteiger partial charge is 0.342 e. The Hall–Kier alpha value is -3.93. The van der Waals surface area contributed by atoms with Crippen molar-refractivity contribution < 1.29 is 14.3 Å². The highest BCUT2D eigenvalue weighted by atomic mass is 35.5. The van der Waals surface area contributed by atoms with Crippen LogP contribution in [-0.4, -0.2) is 72.4 Å². The van der Waals surface area contributed by atoms with Crippen LogP contribution in [0.15, 0.2) is 64.4 Å². The molecule has 4 aromatic rings. The van der Waals surface area contributed by atoms with Crippen LogP contribution in [0.3, 0.4) is 0 Å². The van der Waals surface area contributed by atoms with Crippen LogP contribution in [0, 0.1) is 0 Å². The number of carbonyl (C=O) groups excluding carboxylic acids is 1. The van der Waals surface area contributed by atoms with Gasteiger partial charge in [0.25, 0.3) is 5.56 Å². The summed E-state index contributed by atoms with van der Waals surface area (Å²) < 4.78 is 12.7.